The summed E-state index contributed by atoms with van der Waals surface area (Å²) in [6, 6.07) is 6.19. The number of halogens is 2. The van der Waals surface area contributed by atoms with Gasteiger partial charge in [-0.3, -0.25) is 4.79 Å². The minimum absolute atomic E-state index is 0.121. The lowest BCUT2D eigenvalue weighted by atomic mass is 10.2. The third-order valence-corrected chi connectivity index (χ3v) is 3.82. The van der Waals surface area contributed by atoms with Crippen LogP contribution >= 0.6 is 15.9 Å². The van der Waals surface area contributed by atoms with Gasteiger partial charge in [0.25, 0.3) is 5.56 Å². The smallest absolute Gasteiger partial charge is 0.276 e. The van der Waals surface area contributed by atoms with E-state index < -0.39 is 0 Å². The van der Waals surface area contributed by atoms with E-state index in [1.54, 1.807) is 33.6 Å². The van der Waals surface area contributed by atoms with Crippen molar-refractivity contribution in [1.82, 2.24) is 14.2 Å². The Bertz CT molecular complexity index is 853. The largest absolute Gasteiger partial charge is 0.308 e. The van der Waals surface area contributed by atoms with E-state index in [0.29, 0.717) is 16.5 Å². The van der Waals surface area contributed by atoms with Crippen LogP contribution in [0, 0.1) is 12.7 Å². The van der Waals surface area contributed by atoms with Gasteiger partial charge in [0.1, 0.15) is 11.3 Å². The van der Waals surface area contributed by atoms with Gasteiger partial charge in [0.2, 0.25) is 0 Å². The van der Waals surface area contributed by atoms with Crippen molar-refractivity contribution in [1.29, 1.82) is 0 Å². The number of benzene rings is 1. The molecule has 0 unspecified atom stereocenters. The number of fused-ring (bicyclic) bond motifs is 1. The fraction of sp³-hybridized carbons (Fsp3) is 0.143. The average Bonchev–Trinajstić information content (AvgIpc) is 2.77. The number of rotatable bonds is 2. The predicted octanol–water partition coefficient (Wildman–Crippen LogP) is 2.75. The van der Waals surface area contributed by atoms with Crippen LogP contribution in [-0.4, -0.2) is 14.2 Å². The third kappa shape index (κ3) is 2.27. The lowest BCUT2D eigenvalue weighted by Crippen LogP contribution is -2.22. The van der Waals surface area contributed by atoms with Gasteiger partial charge < -0.3 is 4.57 Å². The monoisotopic (exact) mass is 335 g/mol. The Balaban J connectivity index is 2.06. The van der Waals surface area contributed by atoms with Crippen LogP contribution in [0.1, 0.15) is 11.3 Å². The summed E-state index contributed by atoms with van der Waals surface area (Å²) in [6.45, 7) is 2.22. The van der Waals surface area contributed by atoms with E-state index in [4.69, 9.17) is 0 Å². The van der Waals surface area contributed by atoms with Crippen molar-refractivity contribution in [2.24, 2.45) is 0 Å². The number of aryl methyl sites for hydroxylation is 1. The fourth-order valence-corrected chi connectivity index (χ4v) is 2.58. The summed E-state index contributed by atoms with van der Waals surface area (Å²) in [5.41, 5.74) is 2.05. The maximum absolute atomic E-state index is 13.1. The standard InChI is InChI=1S/C14H11BrFN3O/c1-9-6-13-14(20)18(4-5-19(13)17-9)8-10-2-3-11(16)7-12(10)15/h2-7H,8H2,1H3. The van der Waals surface area contributed by atoms with E-state index in [0.717, 1.165) is 11.3 Å². The SMILES string of the molecule is Cc1cc2c(=O)n(Cc3ccc(F)cc3Br)ccn2n1. The first-order chi connectivity index (χ1) is 9.54. The summed E-state index contributed by atoms with van der Waals surface area (Å²) in [6.07, 6.45) is 3.42. The highest BCUT2D eigenvalue weighted by Gasteiger charge is 2.08. The molecule has 1 aromatic carbocycles. The van der Waals surface area contributed by atoms with Crippen molar-refractivity contribution >= 4 is 21.4 Å². The molecule has 0 atom stereocenters. The van der Waals surface area contributed by atoms with Gasteiger partial charge in [0, 0.05) is 16.9 Å². The molecule has 2 aromatic heterocycles. The van der Waals surface area contributed by atoms with E-state index in [9.17, 15) is 9.18 Å². The second-order valence-corrected chi connectivity index (χ2v) is 5.44. The highest BCUT2D eigenvalue weighted by atomic mass is 79.9. The molecule has 0 bridgehead atoms. The Morgan fingerprint density at radius 1 is 1.30 bits per heavy atom. The molecule has 0 radical (unpaired) electrons. The molecule has 0 saturated carbocycles. The molecule has 6 heteroatoms. The minimum atomic E-state index is -0.310. The van der Waals surface area contributed by atoms with Gasteiger partial charge in [0.05, 0.1) is 12.2 Å². The normalized spacial score (nSPS) is 11.2. The molecule has 0 saturated heterocycles. The Kier molecular flexibility index (Phi) is 3.17. The van der Waals surface area contributed by atoms with Crippen LogP contribution in [-0.2, 0) is 6.54 Å². The first-order valence-electron chi connectivity index (χ1n) is 6.04. The van der Waals surface area contributed by atoms with Crippen LogP contribution in [0.25, 0.3) is 5.52 Å². The molecule has 4 nitrogen and oxygen atoms in total. The Labute approximate surface area is 122 Å². The molecule has 0 N–H and O–H groups in total. The fourth-order valence-electron chi connectivity index (χ4n) is 2.11. The molecular formula is C14H11BrFN3O. The zero-order valence-corrected chi connectivity index (χ0v) is 12.3. The van der Waals surface area contributed by atoms with Crippen molar-refractivity contribution < 1.29 is 4.39 Å². The van der Waals surface area contributed by atoms with Crippen molar-refractivity contribution in [3.63, 3.8) is 0 Å². The minimum Gasteiger partial charge on any atom is -0.308 e. The predicted molar refractivity (Wildman–Crippen MR) is 77.4 cm³/mol. The molecule has 102 valence electrons. The van der Waals surface area contributed by atoms with Crippen LogP contribution in [0.5, 0.6) is 0 Å². The number of hydrogen-bond acceptors (Lipinski definition) is 2. The molecule has 0 fully saturated rings. The highest BCUT2D eigenvalue weighted by molar-refractivity contribution is 9.10. The zero-order chi connectivity index (χ0) is 14.3. The summed E-state index contributed by atoms with van der Waals surface area (Å²) in [5, 5.41) is 4.20. The van der Waals surface area contributed by atoms with Gasteiger partial charge >= 0.3 is 0 Å². The van der Waals surface area contributed by atoms with E-state index >= 15 is 0 Å². The van der Waals surface area contributed by atoms with E-state index in [-0.39, 0.29) is 11.4 Å². The average molecular weight is 336 g/mol. The topological polar surface area (TPSA) is 39.3 Å². The van der Waals surface area contributed by atoms with Gasteiger partial charge in [-0.15, -0.1) is 0 Å². The van der Waals surface area contributed by atoms with Gasteiger partial charge in [-0.2, -0.15) is 5.10 Å². The molecule has 20 heavy (non-hydrogen) atoms. The summed E-state index contributed by atoms with van der Waals surface area (Å²) in [4.78, 5) is 12.3. The van der Waals surface area contributed by atoms with Crippen molar-refractivity contribution in [3.05, 3.63) is 68.6 Å². The molecule has 0 aliphatic heterocycles. The second-order valence-electron chi connectivity index (χ2n) is 4.58. The zero-order valence-electron chi connectivity index (χ0n) is 10.7. The van der Waals surface area contributed by atoms with Crippen LogP contribution in [0.4, 0.5) is 4.39 Å². The first kappa shape index (κ1) is 13.1. The summed E-state index contributed by atoms with van der Waals surface area (Å²) >= 11 is 3.31. The van der Waals surface area contributed by atoms with Gasteiger partial charge in [-0.25, -0.2) is 8.91 Å². The maximum Gasteiger partial charge on any atom is 0.276 e. The van der Waals surface area contributed by atoms with Crippen molar-refractivity contribution in [2.45, 2.75) is 13.5 Å². The molecule has 0 aliphatic rings. The lowest BCUT2D eigenvalue weighted by molar-refractivity contribution is 0.624. The summed E-state index contributed by atoms with van der Waals surface area (Å²) in [7, 11) is 0. The van der Waals surface area contributed by atoms with E-state index in [2.05, 4.69) is 21.0 Å². The third-order valence-electron chi connectivity index (χ3n) is 3.08. The van der Waals surface area contributed by atoms with Crippen LogP contribution in [0.2, 0.25) is 0 Å². The van der Waals surface area contributed by atoms with Crippen LogP contribution in [0.15, 0.2) is 45.9 Å². The van der Waals surface area contributed by atoms with Crippen molar-refractivity contribution in [2.75, 3.05) is 0 Å². The first-order valence-corrected chi connectivity index (χ1v) is 6.83. The molecule has 3 rings (SSSR count). The Hall–Kier alpha value is -1.95. The quantitative estimate of drug-likeness (QED) is 0.722. The maximum atomic E-state index is 13.1. The van der Waals surface area contributed by atoms with Crippen LogP contribution in [0.3, 0.4) is 0 Å². The highest BCUT2D eigenvalue weighted by Crippen LogP contribution is 2.18. The van der Waals surface area contributed by atoms with Crippen LogP contribution < -0.4 is 5.56 Å². The molecular weight excluding hydrogens is 325 g/mol. The van der Waals surface area contributed by atoms with Gasteiger partial charge in [0.15, 0.2) is 0 Å². The van der Waals surface area contributed by atoms with E-state index in [1.165, 1.54) is 12.1 Å². The Morgan fingerprint density at radius 2 is 2.10 bits per heavy atom. The molecule has 0 amide bonds. The lowest BCUT2D eigenvalue weighted by Gasteiger charge is -2.08. The van der Waals surface area contributed by atoms with Crippen molar-refractivity contribution in [3.8, 4) is 0 Å². The summed E-state index contributed by atoms with van der Waals surface area (Å²) < 4.78 is 16.9. The Morgan fingerprint density at radius 3 is 2.85 bits per heavy atom. The van der Waals surface area contributed by atoms with Gasteiger partial charge in [-0.1, -0.05) is 22.0 Å². The van der Waals surface area contributed by atoms with Gasteiger partial charge in [-0.05, 0) is 30.7 Å². The number of nitrogens with zero attached hydrogens (tertiary/aromatic N) is 3. The number of hydrogen-bond donors (Lipinski definition) is 0. The summed E-state index contributed by atoms with van der Waals surface area (Å²) in [5.74, 6) is -0.310. The second kappa shape index (κ2) is 4.86. The molecule has 0 aliphatic carbocycles. The molecule has 0 spiro atoms. The number of aromatic nitrogens is 3. The molecule has 3 aromatic rings. The van der Waals surface area contributed by atoms with E-state index in [1.807, 2.05) is 6.92 Å². The molecule has 2 heterocycles.